The van der Waals surface area contributed by atoms with Gasteiger partial charge in [0.05, 0.1) is 0 Å². The number of hydrogen-bond acceptors (Lipinski definition) is 2. The predicted octanol–water partition coefficient (Wildman–Crippen LogP) is 1.22. The molecule has 78 valence electrons. The largest absolute Gasteiger partial charge is 0.341 e. The lowest BCUT2D eigenvalue weighted by Gasteiger charge is -2.31. The van der Waals surface area contributed by atoms with E-state index in [4.69, 9.17) is 0 Å². The quantitative estimate of drug-likeness (QED) is 0.664. The Morgan fingerprint density at radius 2 is 2.21 bits per heavy atom. The lowest BCUT2D eigenvalue weighted by atomic mass is 9.94. The average Bonchev–Trinajstić information content (AvgIpc) is 3.01. The van der Waals surface area contributed by atoms with Crippen molar-refractivity contribution in [2.45, 2.75) is 32.6 Å². The number of nitrogens with zero attached hydrogens (tertiary/aromatic N) is 1. The number of carbonyl (C=O) groups is 2. The van der Waals surface area contributed by atoms with E-state index >= 15 is 0 Å². The van der Waals surface area contributed by atoms with Crippen molar-refractivity contribution in [3.05, 3.63) is 0 Å². The van der Waals surface area contributed by atoms with Crippen molar-refractivity contribution in [2.24, 2.45) is 11.8 Å². The van der Waals surface area contributed by atoms with Crippen LogP contribution in [0.5, 0.6) is 0 Å². The Morgan fingerprint density at radius 3 is 2.79 bits per heavy atom. The van der Waals surface area contributed by atoms with Gasteiger partial charge < -0.3 is 4.90 Å². The van der Waals surface area contributed by atoms with E-state index in [0.29, 0.717) is 31.2 Å². The van der Waals surface area contributed by atoms with Crippen molar-refractivity contribution in [3.63, 3.8) is 0 Å². The van der Waals surface area contributed by atoms with Crippen molar-refractivity contribution < 1.29 is 9.59 Å². The molecule has 0 radical (unpaired) electrons. The molecular formula is C11H17NO2. The number of piperidine rings is 1. The molecule has 1 atom stereocenters. The van der Waals surface area contributed by atoms with Crippen LogP contribution in [0.15, 0.2) is 0 Å². The molecule has 3 heteroatoms. The number of rotatable bonds is 2. The molecule has 14 heavy (non-hydrogen) atoms. The Bertz CT molecular complexity index is 258. The standard InChI is InChI=1S/C11H17NO2/c1-2-8-7-12(6-5-10(8)13)11(14)9-3-4-9/h8-9H,2-7H2,1H3. The predicted molar refractivity (Wildman–Crippen MR) is 52.7 cm³/mol. The highest BCUT2D eigenvalue weighted by Gasteiger charge is 2.36. The van der Waals surface area contributed by atoms with E-state index in [1.54, 1.807) is 0 Å². The molecule has 0 bridgehead atoms. The molecule has 1 heterocycles. The van der Waals surface area contributed by atoms with Crippen LogP contribution in [0.3, 0.4) is 0 Å². The highest BCUT2D eigenvalue weighted by atomic mass is 16.2. The first-order chi connectivity index (χ1) is 6.72. The Kier molecular flexibility index (Phi) is 2.57. The summed E-state index contributed by atoms with van der Waals surface area (Å²) in [7, 11) is 0. The topological polar surface area (TPSA) is 37.4 Å². The van der Waals surface area contributed by atoms with E-state index in [1.807, 2.05) is 11.8 Å². The van der Waals surface area contributed by atoms with Crippen LogP contribution in [0.4, 0.5) is 0 Å². The van der Waals surface area contributed by atoms with Gasteiger partial charge in [-0.25, -0.2) is 0 Å². The molecule has 1 aliphatic carbocycles. The summed E-state index contributed by atoms with van der Waals surface area (Å²) in [6.45, 7) is 3.35. The van der Waals surface area contributed by atoms with Crippen LogP contribution in [0, 0.1) is 11.8 Å². The minimum atomic E-state index is 0.103. The fraction of sp³-hybridized carbons (Fsp3) is 0.818. The van der Waals surface area contributed by atoms with Gasteiger partial charge in [-0.3, -0.25) is 9.59 Å². The van der Waals surface area contributed by atoms with Crippen molar-refractivity contribution in [1.82, 2.24) is 4.90 Å². The third-order valence-electron chi connectivity index (χ3n) is 3.26. The van der Waals surface area contributed by atoms with E-state index in [0.717, 1.165) is 19.3 Å². The molecule has 1 amide bonds. The van der Waals surface area contributed by atoms with Crippen LogP contribution in [-0.4, -0.2) is 29.7 Å². The molecule has 2 aliphatic rings. The summed E-state index contributed by atoms with van der Waals surface area (Å²) >= 11 is 0. The molecule has 0 aromatic heterocycles. The minimum Gasteiger partial charge on any atom is -0.341 e. The maximum Gasteiger partial charge on any atom is 0.225 e. The number of hydrogen-bond donors (Lipinski definition) is 0. The second-order valence-electron chi connectivity index (χ2n) is 4.38. The highest BCUT2D eigenvalue weighted by Crippen LogP contribution is 2.32. The summed E-state index contributed by atoms with van der Waals surface area (Å²) < 4.78 is 0. The molecule has 0 N–H and O–H groups in total. The maximum atomic E-state index is 11.7. The number of amides is 1. The van der Waals surface area contributed by atoms with Gasteiger partial charge in [-0.15, -0.1) is 0 Å². The van der Waals surface area contributed by atoms with Crippen LogP contribution in [0.2, 0.25) is 0 Å². The first-order valence-corrected chi connectivity index (χ1v) is 5.54. The Labute approximate surface area is 84.5 Å². The average molecular weight is 195 g/mol. The molecule has 2 rings (SSSR count). The molecule has 1 saturated heterocycles. The second kappa shape index (κ2) is 3.71. The Balaban J connectivity index is 1.94. The van der Waals surface area contributed by atoms with Gasteiger partial charge in [-0.1, -0.05) is 6.92 Å². The first kappa shape index (κ1) is 9.69. The Morgan fingerprint density at radius 1 is 1.50 bits per heavy atom. The summed E-state index contributed by atoms with van der Waals surface area (Å²) in [4.78, 5) is 25.1. The third kappa shape index (κ3) is 1.81. The van der Waals surface area contributed by atoms with Crippen molar-refractivity contribution in [3.8, 4) is 0 Å². The van der Waals surface area contributed by atoms with Crippen LogP contribution in [0.1, 0.15) is 32.6 Å². The number of ketones is 1. The lowest BCUT2D eigenvalue weighted by Crippen LogP contribution is -2.44. The summed E-state index contributed by atoms with van der Waals surface area (Å²) in [6, 6.07) is 0. The van der Waals surface area contributed by atoms with E-state index < -0.39 is 0 Å². The normalized spacial score (nSPS) is 27.9. The fourth-order valence-electron chi connectivity index (χ4n) is 2.05. The third-order valence-corrected chi connectivity index (χ3v) is 3.26. The molecule has 0 aromatic carbocycles. The smallest absolute Gasteiger partial charge is 0.225 e. The van der Waals surface area contributed by atoms with Gasteiger partial charge in [0.15, 0.2) is 0 Å². The van der Waals surface area contributed by atoms with Crippen LogP contribution in [-0.2, 0) is 9.59 Å². The summed E-state index contributed by atoms with van der Waals surface area (Å²) in [6.07, 6.45) is 3.55. The zero-order valence-corrected chi connectivity index (χ0v) is 8.66. The van der Waals surface area contributed by atoms with E-state index in [2.05, 4.69) is 0 Å². The van der Waals surface area contributed by atoms with Gasteiger partial charge in [-0.05, 0) is 19.3 Å². The second-order valence-corrected chi connectivity index (χ2v) is 4.38. The molecule has 2 fully saturated rings. The SMILES string of the molecule is CCC1CN(C(=O)C2CC2)CCC1=O. The summed E-state index contributed by atoms with van der Waals surface area (Å²) in [5, 5.41) is 0. The van der Waals surface area contributed by atoms with Gasteiger partial charge >= 0.3 is 0 Å². The number of Topliss-reactive ketones (excluding diaryl/α,β-unsaturated/α-hetero) is 1. The van der Waals surface area contributed by atoms with Crippen molar-refractivity contribution >= 4 is 11.7 Å². The monoisotopic (exact) mass is 195 g/mol. The molecule has 1 unspecified atom stereocenters. The maximum absolute atomic E-state index is 11.7. The molecule has 3 nitrogen and oxygen atoms in total. The van der Waals surface area contributed by atoms with Crippen molar-refractivity contribution in [1.29, 1.82) is 0 Å². The molecule has 0 spiro atoms. The van der Waals surface area contributed by atoms with E-state index in [-0.39, 0.29) is 11.8 Å². The fourth-order valence-corrected chi connectivity index (χ4v) is 2.05. The van der Waals surface area contributed by atoms with Crippen molar-refractivity contribution in [2.75, 3.05) is 13.1 Å². The highest BCUT2D eigenvalue weighted by molar-refractivity contribution is 5.86. The molecule has 0 aromatic rings. The number of likely N-dealkylation sites (tertiary alicyclic amines) is 1. The van der Waals surface area contributed by atoms with E-state index in [9.17, 15) is 9.59 Å². The first-order valence-electron chi connectivity index (χ1n) is 5.54. The van der Waals surface area contributed by atoms with E-state index in [1.165, 1.54) is 0 Å². The molecule has 1 aliphatic heterocycles. The molecular weight excluding hydrogens is 178 g/mol. The number of carbonyl (C=O) groups excluding carboxylic acids is 2. The summed E-state index contributed by atoms with van der Waals surface area (Å²) in [5.74, 6) is 1.02. The summed E-state index contributed by atoms with van der Waals surface area (Å²) in [5.41, 5.74) is 0. The van der Waals surface area contributed by atoms with Gasteiger partial charge in [0.1, 0.15) is 5.78 Å². The van der Waals surface area contributed by atoms with Gasteiger partial charge in [0.2, 0.25) is 5.91 Å². The zero-order valence-electron chi connectivity index (χ0n) is 8.66. The Hall–Kier alpha value is -0.860. The lowest BCUT2D eigenvalue weighted by molar-refractivity contribution is -0.138. The zero-order chi connectivity index (χ0) is 10.1. The van der Waals surface area contributed by atoms with Crippen LogP contribution in [0.25, 0.3) is 0 Å². The van der Waals surface area contributed by atoms with Gasteiger partial charge in [0.25, 0.3) is 0 Å². The van der Waals surface area contributed by atoms with Crippen LogP contribution >= 0.6 is 0 Å². The molecule has 1 saturated carbocycles. The minimum absolute atomic E-state index is 0.103. The van der Waals surface area contributed by atoms with Crippen LogP contribution < -0.4 is 0 Å². The van der Waals surface area contributed by atoms with Gasteiger partial charge in [0, 0.05) is 31.3 Å². The van der Waals surface area contributed by atoms with Gasteiger partial charge in [-0.2, -0.15) is 0 Å².